The molecule has 0 N–H and O–H groups in total. The van der Waals surface area contributed by atoms with Crippen molar-refractivity contribution in [2.45, 2.75) is 18.2 Å². The van der Waals surface area contributed by atoms with Crippen LogP contribution < -0.4 is 0 Å². The maximum absolute atomic E-state index is 12.7. The first-order chi connectivity index (χ1) is 11.1. The lowest BCUT2D eigenvalue weighted by Crippen LogP contribution is -2.12. The highest BCUT2D eigenvalue weighted by atomic mass is 35.5. The number of benzene rings is 1. The van der Waals surface area contributed by atoms with E-state index in [9.17, 15) is 23.3 Å². The quantitative estimate of drug-likeness (QED) is 0.452. The fraction of sp³-hybridized carbons (Fsp3) is 0.286. The van der Waals surface area contributed by atoms with Crippen molar-refractivity contribution in [3.63, 3.8) is 0 Å². The smallest absolute Gasteiger partial charge is 0.281 e. The van der Waals surface area contributed by atoms with Gasteiger partial charge in [-0.2, -0.15) is 5.10 Å². The van der Waals surface area contributed by atoms with Gasteiger partial charge in [0.15, 0.2) is 9.84 Å². The number of nitro benzene ring substituents is 1. The molecule has 0 saturated heterocycles. The van der Waals surface area contributed by atoms with Gasteiger partial charge in [0.05, 0.1) is 20.5 Å². The molecular weight excluding hydrogens is 358 g/mol. The van der Waals surface area contributed by atoms with Crippen molar-refractivity contribution >= 4 is 32.9 Å². The van der Waals surface area contributed by atoms with Gasteiger partial charge in [0.2, 0.25) is 5.78 Å². The van der Waals surface area contributed by atoms with E-state index in [2.05, 4.69) is 5.10 Å². The first-order valence-electron chi connectivity index (χ1n) is 6.82. The van der Waals surface area contributed by atoms with Gasteiger partial charge in [0.25, 0.3) is 5.69 Å². The van der Waals surface area contributed by atoms with Crippen LogP contribution in [0.3, 0.4) is 0 Å². The summed E-state index contributed by atoms with van der Waals surface area (Å²) < 4.78 is 24.4. The number of carbonyl (C=O) groups excluding carboxylic acids is 1. The number of nitrogens with zero attached hydrogens (tertiary/aromatic N) is 3. The van der Waals surface area contributed by atoms with Crippen LogP contribution in [-0.2, 0) is 23.3 Å². The van der Waals surface area contributed by atoms with Crippen LogP contribution >= 0.6 is 11.6 Å². The van der Waals surface area contributed by atoms with Gasteiger partial charge in [-0.1, -0.05) is 18.5 Å². The van der Waals surface area contributed by atoms with Crippen molar-refractivity contribution in [1.82, 2.24) is 9.78 Å². The summed E-state index contributed by atoms with van der Waals surface area (Å²) in [5.74, 6) is -0.693. The van der Waals surface area contributed by atoms with Crippen LogP contribution in [0.5, 0.6) is 0 Å². The summed E-state index contributed by atoms with van der Waals surface area (Å²) in [6, 6.07) is 3.14. The summed E-state index contributed by atoms with van der Waals surface area (Å²) in [7, 11) is -2.13. The molecule has 0 aliphatic rings. The first kappa shape index (κ1) is 18.1. The zero-order valence-electron chi connectivity index (χ0n) is 13.1. The number of ketones is 1. The lowest BCUT2D eigenvalue weighted by molar-refractivity contribution is -0.385. The third kappa shape index (κ3) is 3.17. The summed E-state index contributed by atoms with van der Waals surface area (Å²) in [4.78, 5) is 22.9. The van der Waals surface area contributed by atoms with E-state index in [1.165, 1.54) is 11.7 Å². The second kappa shape index (κ2) is 6.33. The van der Waals surface area contributed by atoms with E-state index in [4.69, 9.17) is 11.6 Å². The molecule has 0 radical (unpaired) electrons. The predicted molar refractivity (Wildman–Crippen MR) is 87.2 cm³/mol. The van der Waals surface area contributed by atoms with E-state index in [0.29, 0.717) is 12.1 Å². The molecule has 0 fully saturated rings. The molecule has 0 spiro atoms. The number of aryl methyl sites for hydroxylation is 2. The fourth-order valence-electron chi connectivity index (χ4n) is 2.24. The Morgan fingerprint density at radius 3 is 2.50 bits per heavy atom. The number of halogens is 1. The first-order valence-corrected chi connectivity index (χ1v) is 9.09. The van der Waals surface area contributed by atoms with Crippen molar-refractivity contribution in [2.24, 2.45) is 7.05 Å². The highest BCUT2D eigenvalue weighted by Gasteiger charge is 2.28. The molecule has 24 heavy (non-hydrogen) atoms. The second-order valence-corrected chi connectivity index (χ2v) is 7.52. The number of hydrogen-bond donors (Lipinski definition) is 0. The Bertz CT molecular complexity index is 950. The average molecular weight is 372 g/mol. The van der Waals surface area contributed by atoms with E-state index in [1.807, 2.05) is 6.92 Å². The molecule has 0 saturated carbocycles. The van der Waals surface area contributed by atoms with E-state index in [1.54, 1.807) is 0 Å². The van der Waals surface area contributed by atoms with Crippen LogP contribution in [0.25, 0.3) is 0 Å². The molecule has 0 aliphatic heterocycles. The third-order valence-electron chi connectivity index (χ3n) is 3.44. The van der Waals surface area contributed by atoms with Crippen molar-refractivity contribution in [3.05, 3.63) is 50.3 Å². The summed E-state index contributed by atoms with van der Waals surface area (Å²) in [6.45, 7) is 1.81. The van der Waals surface area contributed by atoms with Crippen LogP contribution in [0.4, 0.5) is 5.69 Å². The summed E-state index contributed by atoms with van der Waals surface area (Å²) in [5.41, 5.74) is -0.333. The van der Waals surface area contributed by atoms with E-state index >= 15 is 0 Å². The molecule has 0 amide bonds. The molecule has 1 heterocycles. The number of aromatic nitrogens is 2. The predicted octanol–water partition coefficient (Wildman–Crippen LogP) is 2.18. The van der Waals surface area contributed by atoms with Gasteiger partial charge < -0.3 is 0 Å². The van der Waals surface area contributed by atoms with Crippen LogP contribution in [0.15, 0.2) is 23.1 Å². The molecule has 2 rings (SSSR count). The number of carbonyl (C=O) groups is 1. The third-order valence-corrected chi connectivity index (χ3v) is 4.95. The molecule has 8 nitrogen and oxygen atoms in total. The van der Waals surface area contributed by atoms with Crippen LogP contribution in [0.2, 0.25) is 5.02 Å². The van der Waals surface area contributed by atoms with E-state index in [0.717, 1.165) is 24.5 Å². The highest BCUT2D eigenvalue weighted by molar-refractivity contribution is 7.90. The number of sulfone groups is 1. The second-order valence-electron chi connectivity index (χ2n) is 5.12. The van der Waals surface area contributed by atoms with Gasteiger partial charge in [0.1, 0.15) is 11.3 Å². The number of nitro groups is 1. The van der Waals surface area contributed by atoms with Crippen LogP contribution in [-0.4, -0.2) is 35.2 Å². The Morgan fingerprint density at radius 1 is 1.42 bits per heavy atom. The Morgan fingerprint density at radius 2 is 2.04 bits per heavy atom. The molecule has 0 unspecified atom stereocenters. The summed E-state index contributed by atoms with van der Waals surface area (Å²) in [6.07, 6.45) is 1.42. The largest absolute Gasteiger partial charge is 0.287 e. The summed E-state index contributed by atoms with van der Waals surface area (Å²) >= 11 is 6.14. The minimum Gasteiger partial charge on any atom is -0.287 e. The standard InChI is InChI=1S/C14H14ClN3O5S/c1-4-10-12(15)13(17(2)16-10)14(19)9-6-5-8(24(3,22)23)7-11(9)18(20)21/h5-7H,4H2,1-3H3. The maximum Gasteiger partial charge on any atom is 0.281 e. The number of hydrogen-bond acceptors (Lipinski definition) is 6. The SMILES string of the molecule is CCc1nn(C)c(C(=O)c2ccc(S(C)(=O)=O)cc2[N+](=O)[O-])c1Cl. The molecule has 0 aliphatic carbocycles. The average Bonchev–Trinajstić information content (AvgIpc) is 2.79. The monoisotopic (exact) mass is 371 g/mol. The summed E-state index contributed by atoms with van der Waals surface area (Å²) in [5, 5.41) is 15.5. The minimum atomic E-state index is -3.64. The van der Waals surface area contributed by atoms with Gasteiger partial charge in [-0.25, -0.2) is 8.42 Å². The van der Waals surface area contributed by atoms with Crippen LogP contribution in [0.1, 0.15) is 28.7 Å². The van der Waals surface area contributed by atoms with E-state index in [-0.39, 0.29) is 21.2 Å². The molecule has 0 bridgehead atoms. The van der Waals surface area contributed by atoms with Crippen molar-refractivity contribution in [2.75, 3.05) is 6.26 Å². The van der Waals surface area contributed by atoms with Crippen molar-refractivity contribution in [3.8, 4) is 0 Å². The van der Waals surface area contributed by atoms with Crippen molar-refractivity contribution < 1.29 is 18.1 Å². The van der Waals surface area contributed by atoms with Gasteiger partial charge in [-0.05, 0) is 18.6 Å². The lowest BCUT2D eigenvalue weighted by atomic mass is 10.1. The zero-order valence-corrected chi connectivity index (χ0v) is 14.7. The van der Waals surface area contributed by atoms with E-state index < -0.39 is 26.2 Å². The zero-order chi connectivity index (χ0) is 18.2. The van der Waals surface area contributed by atoms with Crippen LogP contribution in [0, 0.1) is 10.1 Å². The highest BCUT2D eigenvalue weighted by Crippen LogP contribution is 2.29. The molecule has 0 atom stereocenters. The molecular formula is C14H14ClN3O5S. The molecule has 2 aromatic rings. The molecule has 10 heteroatoms. The topological polar surface area (TPSA) is 112 Å². The maximum atomic E-state index is 12.7. The Balaban J connectivity index is 2.67. The molecule has 1 aromatic heterocycles. The minimum absolute atomic E-state index is 0.0173. The normalized spacial score (nSPS) is 11.5. The fourth-order valence-corrected chi connectivity index (χ4v) is 3.26. The van der Waals surface area contributed by atoms with Gasteiger partial charge in [-0.3, -0.25) is 19.6 Å². The van der Waals surface area contributed by atoms with Crippen molar-refractivity contribution in [1.29, 1.82) is 0 Å². The Kier molecular flexibility index (Phi) is 4.77. The number of rotatable bonds is 5. The Labute approximate surface area is 143 Å². The van der Waals surface area contributed by atoms with Gasteiger partial charge >= 0.3 is 0 Å². The van der Waals surface area contributed by atoms with Gasteiger partial charge in [-0.15, -0.1) is 0 Å². The van der Waals surface area contributed by atoms with Gasteiger partial charge in [0, 0.05) is 19.4 Å². The lowest BCUT2D eigenvalue weighted by Gasteiger charge is -2.05. The Hall–Kier alpha value is -2.26. The molecule has 128 valence electrons. The molecule has 1 aromatic carbocycles.